The van der Waals surface area contributed by atoms with E-state index in [1.54, 1.807) is 14.2 Å². The van der Waals surface area contributed by atoms with E-state index in [-0.39, 0.29) is 5.91 Å². The maximum Gasteiger partial charge on any atom is 0.251 e. The number of rotatable bonds is 7. The van der Waals surface area contributed by atoms with E-state index < -0.39 is 5.91 Å². The zero-order valence-electron chi connectivity index (χ0n) is 15.6. The van der Waals surface area contributed by atoms with Gasteiger partial charge in [0.2, 0.25) is 5.91 Å². The number of carbonyl (C=O) groups is 2. The summed E-state index contributed by atoms with van der Waals surface area (Å²) in [5, 5.41) is 3.48. The van der Waals surface area contributed by atoms with Gasteiger partial charge in [-0.2, -0.15) is 0 Å². The Kier molecular flexibility index (Phi) is 6.01. The summed E-state index contributed by atoms with van der Waals surface area (Å²) >= 11 is 1.48. The molecular weight excluding hydrogens is 364 g/mol. The van der Waals surface area contributed by atoms with Crippen molar-refractivity contribution >= 4 is 28.2 Å². The van der Waals surface area contributed by atoms with Gasteiger partial charge in [-0.05, 0) is 55.4 Å². The van der Waals surface area contributed by atoms with Crippen LogP contribution in [0.25, 0.3) is 0 Å². The Morgan fingerprint density at radius 1 is 1.15 bits per heavy atom. The molecule has 0 radical (unpaired) electrons. The lowest BCUT2D eigenvalue weighted by molar-refractivity contribution is -0.116. The van der Waals surface area contributed by atoms with Crippen LogP contribution >= 0.6 is 11.3 Å². The molecule has 1 aliphatic rings. The van der Waals surface area contributed by atoms with E-state index in [1.807, 2.05) is 18.2 Å². The van der Waals surface area contributed by atoms with E-state index in [1.165, 1.54) is 16.2 Å². The number of thiophene rings is 1. The molecule has 0 saturated heterocycles. The van der Waals surface area contributed by atoms with Crippen molar-refractivity contribution < 1.29 is 19.1 Å². The molecule has 0 aliphatic heterocycles. The molecular formula is C20H24N2O4S. The number of nitrogens with one attached hydrogen (secondary N) is 1. The maximum atomic E-state index is 12.4. The molecule has 3 N–H and O–H groups in total. The van der Waals surface area contributed by atoms with Crippen LogP contribution in [-0.2, 0) is 24.1 Å². The van der Waals surface area contributed by atoms with Crippen molar-refractivity contribution in [1.29, 1.82) is 0 Å². The first-order valence-electron chi connectivity index (χ1n) is 8.98. The highest BCUT2D eigenvalue weighted by Gasteiger charge is 2.24. The summed E-state index contributed by atoms with van der Waals surface area (Å²) < 4.78 is 10.5. The summed E-state index contributed by atoms with van der Waals surface area (Å²) in [5.74, 6) is 0.689. The van der Waals surface area contributed by atoms with Gasteiger partial charge in [0.05, 0.1) is 19.8 Å². The zero-order chi connectivity index (χ0) is 19.4. The van der Waals surface area contributed by atoms with Crippen molar-refractivity contribution in [2.24, 2.45) is 5.73 Å². The van der Waals surface area contributed by atoms with Gasteiger partial charge in [-0.3, -0.25) is 9.59 Å². The normalized spacial score (nSPS) is 13.0. The third kappa shape index (κ3) is 4.24. The Bertz CT molecular complexity index is 860. The van der Waals surface area contributed by atoms with E-state index >= 15 is 0 Å². The number of hydrogen-bond acceptors (Lipinski definition) is 5. The Morgan fingerprint density at radius 3 is 2.59 bits per heavy atom. The predicted octanol–water partition coefficient (Wildman–Crippen LogP) is 3.31. The van der Waals surface area contributed by atoms with Gasteiger partial charge >= 0.3 is 0 Å². The number of fused-ring (bicyclic) bond motifs is 1. The van der Waals surface area contributed by atoms with E-state index in [0.717, 1.165) is 36.8 Å². The largest absolute Gasteiger partial charge is 0.493 e. The van der Waals surface area contributed by atoms with Gasteiger partial charge in [0.1, 0.15) is 5.00 Å². The average molecular weight is 388 g/mol. The lowest BCUT2D eigenvalue weighted by Crippen LogP contribution is -2.18. The second-order valence-electron chi connectivity index (χ2n) is 6.52. The SMILES string of the molecule is COc1ccc(CCC(=O)Nc2sc3c(c2C(N)=O)CCCC3)cc1OC. The van der Waals surface area contributed by atoms with Crippen molar-refractivity contribution in [3.63, 3.8) is 0 Å². The van der Waals surface area contributed by atoms with E-state index in [4.69, 9.17) is 15.2 Å². The van der Waals surface area contributed by atoms with Crippen molar-refractivity contribution in [1.82, 2.24) is 0 Å². The third-order valence-electron chi connectivity index (χ3n) is 4.76. The van der Waals surface area contributed by atoms with Crippen molar-refractivity contribution in [2.75, 3.05) is 19.5 Å². The van der Waals surface area contributed by atoms with E-state index in [2.05, 4.69) is 5.32 Å². The molecule has 0 bridgehead atoms. The van der Waals surface area contributed by atoms with Gasteiger partial charge in [0.25, 0.3) is 5.91 Å². The average Bonchev–Trinajstić information content (AvgIpc) is 3.03. The molecule has 7 heteroatoms. The summed E-state index contributed by atoms with van der Waals surface area (Å²) in [4.78, 5) is 25.5. The summed E-state index contributed by atoms with van der Waals surface area (Å²) in [6.45, 7) is 0. The molecule has 1 heterocycles. The summed E-state index contributed by atoms with van der Waals surface area (Å²) in [6.07, 6.45) is 4.82. The molecule has 0 fully saturated rings. The maximum absolute atomic E-state index is 12.4. The quantitative estimate of drug-likeness (QED) is 0.761. The molecule has 3 rings (SSSR count). The van der Waals surface area contributed by atoms with Gasteiger partial charge in [0.15, 0.2) is 11.5 Å². The number of aryl methyl sites for hydroxylation is 2. The molecule has 2 aromatic rings. The monoisotopic (exact) mass is 388 g/mol. The molecule has 27 heavy (non-hydrogen) atoms. The Labute approximate surface area is 162 Å². The molecule has 0 spiro atoms. The highest BCUT2D eigenvalue weighted by atomic mass is 32.1. The molecule has 1 aliphatic carbocycles. The van der Waals surface area contributed by atoms with Gasteiger partial charge in [-0.15, -0.1) is 11.3 Å². The number of amides is 2. The molecule has 0 saturated carbocycles. The number of primary amides is 1. The smallest absolute Gasteiger partial charge is 0.251 e. The molecule has 0 atom stereocenters. The first-order chi connectivity index (χ1) is 13.0. The van der Waals surface area contributed by atoms with Gasteiger partial charge in [-0.25, -0.2) is 0 Å². The minimum Gasteiger partial charge on any atom is -0.493 e. The fraction of sp³-hybridized carbons (Fsp3) is 0.400. The van der Waals surface area contributed by atoms with Crippen LogP contribution in [0.1, 0.15) is 45.6 Å². The highest BCUT2D eigenvalue weighted by molar-refractivity contribution is 7.17. The minimum atomic E-state index is -0.468. The fourth-order valence-corrected chi connectivity index (χ4v) is 4.71. The number of hydrogen-bond donors (Lipinski definition) is 2. The van der Waals surface area contributed by atoms with Crippen LogP contribution in [0.15, 0.2) is 18.2 Å². The van der Waals surface area contributed by atoms with Crippen molar-refractivity contribution in [2.45, 2.75) is 38.5 Å². The predicted molar refractivity (Wildman–Crippen MR) is 106 cm³/mol. The van der Waals surface area contributed by atoms with Gasteiger partial charge in [0, 0.05) is 11.3 Å². The second-order valence-corrected chi connectivity index (χ2v) is 7.62. The van der Waals surface area contributed by atoms with Crippen LogP contribution in [0.3, 0.4) is 0 Å². The Hall–Kier alpha value is -2.54. The van der Waals surface area contributed by atoms with Gasteiger partial charge in [-0.1, -0.05) is 6.07 Å². The highest BCUT2D eigenvalue weighted by Crippen LogP contribution is 2.38. The van der Waals surface area contributed by atoms with Crippen LogP contribution in [0.4, 0.5) is 5.00 Å². The fourth-order valence-electron chi connectivity index (χ4n) is 3.40. The number of ether oxygens (including phenoxy) is 2. The topological polar surface area (TPSA) is 90.6 Å². The van der Waals surface area contributed by atoms with Crippen LogP contribution < -0.4 is 20.5 Å². The summed E-state index contributed by atoms with van der Waals surface area (Å²) in [7, 11) is 3.17. The van der Waals surface area contributed by atoms with E-state index in [9.17, 15) is 9.59 Å². The lowest BCUT2D eigenvalue weighted by Gasteiger charge is -2.11. The van der Waals surface area contributed by atoms with Crippen LogP contribution in [0.2, 0.25) is 0 Å². The van der Waals surface area contributed by atoms with Crippen LogP contribution in [0, 0.1) is 0 Å². The van der Waals surface area contributed by atoms with Crippen LogP contribution in [-0.4, -0.2) is 26.0 Å². The molecule has 1 aromatic heterocycles. The van der Waals surface area contributed by atoms with Crippen molar-refractivity contribution in [3.05, 3.63) is 39.8 Å². The minimum absolute atomic E-state index is 0.133. The molecule has 144 valence electrons. The number of nitrogens with two attached hydrogens (primary N) is 1. The lowest BCUT2D eigenvalue weighted by atomic mass is 9.95. The first-order valence-corrected chi connectivity index (χ1v) is 9.80. The third-order valence-corrected chi connectivity index (χ3v) is 5.97. The molecule has 0 unspecified atom stereocenters. The van der Waals surface area contributed by atoms with Crippen LogP contribution in [0.5, 0.6) is 11.5 Å². The Balaban J connectivity index is 1.68. The number of carbonyl (C=O) groups excluding carboxylic acids is 2. The zero-order valence-corrected chi connectivity index (χ0v) is 16.4. The molecule has 1 aromatic carbocycles. The number of anilines is 1. The second kappa shape index (κ2) is 8.43. The van der Waals surface area contributed by atoms with E-state index in [0.29, 0.717) is 34.9 Å². The van der Waals surface area contributed by atoms with Crippen molar-refractivity contribution in [3.8, 4) is 11.5 Å². The summed E-state index contributed by atoms with van der Waals surface area (Å²) in [5.41, 5.74) is 8.07. The van der Waals surface area contributed by atoms with Gasteiger partial charge < -0.3 is 20.5 Å². The molecule has 6 nitrogen and oxygen atoms in total. The standard InChI is InChI=1S/C20H24N2O4S/c1-25-14-9-7-12(11-15(14)26-2)8-10-17(23)22-20-18(19(21)24)13-5-3-4-6-16(13)27-20/h7,9,11H,3-6,8,10H2,1-2H3,(H2,21,24)(H,22,23). The Morgan fingerprint density at radius 2 is 1.89 bits per heavy atom. The number of methoxy groups -OCH3 is 2. The summed E-state index contributed by atoms with van der Waals surface area (Å²) in [6, 6.07) is 5.60. The molecule has 2 amide bonds. The first kappa shape index (κ1) is 19.2. The number of benzene rings is 1.